The van der Waals surface area contributed by atoms with Crippen molar-refractivity contribution in [3.8, 4) is 5.88 Å². The van der Waals surface area contributed by atoms with Crippen molar-refractivity contribution >= 4 is 35.1 Å². The lowest BCUT2D eigenvalue weighted by atomic mass is 10.1. The fourth-order valence-electron chi connectivity index (χ4n) is 3.26. The number of aromatic amines is 1. The zero-order valence-electron chi connectivity index (χ0n) is 17.7. The predicted molar refractivity (Wildman–Crippen MR) is 123 cm³/mol. The topological polar surface area (TPSA) is 130 Å². The summed E-state index contributed by atoms with van der Waals surface area (Å²) in [5.41, 5.74) is 3.03. The quantitative estimate of drug-likeness (QED) is 0.380. The third-order valence-electron chi connectivity index (χ3n) is 4.94. The first-order valence-electron chi connectivity index (χ1n) is 10.1. The molecular formula is C24H21N5O4. The standard InChI is InChI=1S/C24H21N5O4/c1-33-21-9-6-17(14-27-21)19(12-22(30)31)29-24(32)20-11-15(13-26-20)4-7-18-8-5-16-3-2-10-25-23(16)28-18/h2-11,13-14,19,26H,12H2,1H3,(H,29,32)(H,30,31). The van der Waals surface area contributed by atoms with E-state index >= 15 is 0 Å². The molecule has 9 nitrogen and oxygen atoms in total. The molecule has 4 heterocycles. The van der Waals surface area contributed by atoms with Gasteiger partial charge in [-0.3, -0.25) is 9.59 Å². The maximum absolute atomic E-state index is 12.7. The number of carbonyl (C=O) groups excluding carboxylic acids is 1. The van der Waals surface area contributed by atoms with Crippen LogP contribution < -0.4 is 10.1 Å². The van der Waals surface area contributed by atoms with Crippen LogP contribution in [0.25, 0.3) is 23.2 Å². The first-order chi connectivity index (χ1) is 16.0. The Morgan fingerprint density at radius 2 is 2.06 bits per heavy atom. The second-order valence-corrected chi connectivity index (χ2v) is 7.22. The fraction of sp³-hybridized carbons (Fsp3) is 0.125. The van der Waals surface area contributed by atoms with E-state index in [0.717, 1.165) is 16.6 Å². The van der Waals surface area contributed by atoms with E-state index in [1.807, 2.05) is 36.4 Å². The number of ether oxygens (including phenoxy) is 1. The van der Waals surface area contributed by atoms with Crippen LogP contribution in [0.3, 0.4) is 0 Å². The smallest absolute Gasteiger partial charge is 0.305 e. The van der Waals surface area contributed by atoms with Gasteiger partial charge < -0.3 is 20.1 Å². The van der Waals surface area contributed by atoms with Crippen molar-refractivity contribution in [3.63, 3.8) is 0 Å². The van der Waals surface area contributed by atoms with E-state index < -0.39 is 17.9 Å². The number of H-pyrrole nitrogens is 1. The van der Waals surface area contributed by atoms with Crippen LogP contribution in [0.1, 0.15) is 39.8 Å². The molecule has 0 aliphatic carbocycles. The SMILES string of the molecule is COc1ccc(C(CC(=O)O)NC(=O)c2cc(C=Cc3ccc4cccnc4n3)c[nH]2)cn1. The Bertz CT molecular complexity index is 1310. The lowest BCUT2D eigenvalue weighted by Crippen LogP contribution is -2.30. The molecule has 0 spiro atoms. The summed E-state index contributed by atoms with van der Waals surface area (Å²) < 4.78 is 5.03. The summed E-state index contributed by atoms with van der Waals surface area (Å²) in [6.07, 6.45) is 8.24. The average Bonchev–Trinajstić information content (AvgIpc) is 3.31. The molecule has 0 aliphatic heterocycles. The highest BCUT2D eigenvalue weighted by Crippen LogP contribution is 2.19. The first kappa shape index (κ1) is 21.7. The Hall–Kier alpha value is -4.53. The van der Waals surface area contributed by atoms with E-state index in [0.29, 0.717) is 22.8 Å². The molecule has 1 amide bonds. The van der Waals surface area contributed by atoms with Crippen molar-refractivity contribution in [1.82, 2.24) is 25.3 Å². The predicted octanol–water partition coefficient (Wildman–Crippen LogP) is 3.48. The third kappa shape index (κ3) is 5.40. The summed E-state index contributed by atoms with van der Waals surface area (Å²) in [5, 5.41) is 13.0. The fourth-order valence-corrected chi connectivity index (χ4v) is 3.26. The van der Waals surface area contributed by atoms with Crippen LogP contribution in [0.4, 0.5) is 0 Å². The molecule has 4 rings (SSSR count). The molecule has 3 N–H and O–H groups in total. The number of hydrogen-bond acceptors (Lipinski definition) is 6. The largest absolute Gasteiger partial charge is 0.481 e. The Morgan fingerprint density at radius 3 is 2.82 bits per heavy atom. The zero-order chi connectivity index (χ0) is 23.2. The average molecular weight is 443 g/mol. The molecule has 0 saturated carbocycles. The first-order valence-corrected chi connectivity index (χ1v) is 10.1. The highest BCUT2D eigenvalue weighted by atomic mass is 16.5. The van der Waals surface area contributed by atoms with Gasteiger partial charge in [-0.2, -0.15) is 0 Å². The summed E-state index contributed by atoms with van der Waals surface area (Å²) in [4.78, 5) is 39.8. The number of hydrogen-bond donors (Lipinski definition) is 3. The number of pyridine rings is 3. The summed E-state index contributed by atoms with van der Waals surface area (Å²) in [6.45, 7) is 0. The van der Waals surface area contributed by atoms with Crippen molar-refractivity contribution in [2.24, 2.45) is 0 Å². The Balaban J connectivity index is 1.47. The van der Waals surface area contributed by atoms with Gasteiger partial charge in [-0.05, 0) is 47.5 Å². The third-order valence-corrected chi connectivity index (χ3v) is 4.94. The second-order valence-electron chi connectivity index (χ2n) is 7.22. The number of rotatable bonds is 8. The normalized spacial score (nSPS) is 12.0. The number of aliphatic carboxylic acids is 1. The van der Waals surface area contributed by atoms with Gasteiger partial charge in [0.25, 0.3) is 5.91 Å². The van der Waals surface area contributed by atoms with Crippen LogP contribution in [0.15, 0.2) is 61.1 Å². The zero-order valence-corrected chi connectivity index (χ0v) is 17.7. The molecule has 0 bridgehead atoms. The molecule has 166 valence electrons. The lowest BCUT2D eigenvalue weighted by Gasteiger charge is -2.17. The Morgan fingerprint density at radius 1 is 1.18 bits per heavy atom. The van der Waals surface area contributed by atoms with Crippen LogP contribution in [0.5, 0.6) is 5.88 Å². The van der Waals surface area contributed by atoms with Crippen LogP contribution in [0.2, 0.25) is 0 Å². The van der Waals surface area contributed by atoms with E-state index in [-0.39, 0.29) is 6.42 Å². The van der Waals surface area contributed by atoms with Crippen molar-refractivity contribution in [1.29, 1.82) is 0 Å². The van der Waals surface area contributed by atoms with Crippen molar-refractivity contribution in [2.45, 2.75) is 12.5 Å². The number of methoxy groups -OCH3 is 1. The van der Waals surface area contributed by atoms with Crippen molar-refractivity contribution in [3.05, 3.63) is 83.6 Å². The van der Waals surface area contributed by atoms with Gasteiger partial charge in [-0.25, -0.2) is 15.0 Å². The molecule has 0 aliphatic rings. The molecule has 0 fully saturated rings. The monoisotopic (exact) mass is 443 g/mol. The minimum atomic E-state index is -1.04. The molecule has 0 radical (unpaired) electrons. The molecule has 1 unspecified atom stereocenters. The lowest BCUT2D eigenvalue weighted by molar-refractivity contribution is -0.137. The molecule has 4 aromatic rings. The van der Waals surface area contributed by atoms with Gasteiger partial charge in [0.2, 0.25) is 5.88 Å². The van der Waals surface area contributed by atoms with E-state index in [1.165, 1.54) is 13.3 Å². The summed E-state index contributed by atoms with van der Waals surface area (Å²) in [6, 6.07) is 11.9. The van der Waals surface area contributed by atoms with Crippen LogP contribution >= 0.6 is 0 Å². The number of fused-ring (bicyclic) bond motifs is 1. The summed E-state index contributed by atoms with van der Waals surface area (Å²) in [7, 11) is 1.49. The van der Waals surface area contributed by atoms with Gasteiger partial charge in [0.1, 0.15) is 5.69 Å². The van der Waals surface area contributed by atoms with Crippen LogP contribution in [0, 0.1) is 0 Å². The number of carbonyl (C=O) groups is 2. The van der Waals surface area contributed by atoms with E-state index in [2.05, 4.69) is 25.3 Å². The van der Waals surface area contributed by atoms with Gasteiger partial charge in [0, 0.05) is 30.0 Å². The van der Waals surface area contributed by atoms with E-state index in [1.54, 1.807) is 30.6 Å². The highest BCUT2D eigenvalue weighted by Gasteiger charge is 2.20. The van der Waals surface area contributed by atoms with Gasteiger partial charge in [0.05, 0.1) is 25.3 Å². The highest BCUT2D eigenvalue weighted by molar-refractivity contribution is 5.94. The van der Waals surface area contributed by atoms with Crippen molar-refractivity contribution < 1.29 is 19.4 Å². The molecule has 9 heteroatoms. The molecule has 0 saturated heterocycles. The number of carboxylic acids is 1. The number of carboxylic acid groups (broad SMARTS) is 1. The summed E-state index contributed by atoms with van der Waals surface area (Å²) in [5.74, 6) is -1.06. The molecule has 33 heavy (non-hydrogen) atoms. The van der Waals surface area contributed by atoms with Gasteiger partial charge >= 0.3 is 5.97 Å². The molecule has 0 aromatic carbocycles. The van der Waals surface area contributed by atoms with Gasteiger partial charge in [0.15, 0.2) is 5.65 Å². The Labute approximate surface area is 189 Å². The number of aromatic nitrogens is 4. The molecule has 1 atom stereocenters. The van der Waals surface area contributed by atoms with Gasteiger partial charge in [-0.1, -0.05) is 12.1 Å². The number of nitrogens with one attached hydrogen (secondary N) is 2. The maximum atomic E-state index is 12.7. The second kappa shape index (κ2) is 9.73. The summed E-state index contributed by atoms with van der Waals surface area (Å²) >= 11 is 0. The minimum absolute atomic E-state index is 0.283. The number of nitrogens with zero attached hydrogens (tertiary/aromatic N) is 3. The molecule has 4 aromatic heterocycles. The molecular weight excluding hydrogens is 422 g/mol. The van der Waals surface area contributed by atoms with E-state index in [9.17, 15) is 14.7 Å². The van der Waals surface area contributed by atoms with Crippen molar-refractivity contribution in [2.75, 3.05) is 7.11 Å². The minimum Gasteiger partial charge on any atom is -0.481 e. The van der Waals surface area contributed by atoms with Crippen LogP contribution in [-0.2, 0) is 4.79 Å². The van der Waals surface area contributed by atoms with Gasteiger partial charge in [-0.15, -0.1) is 0 Å². The van der Waals surface area contributed by atoms with Crippen LogP contribution in [-0.4, -0.2) is 44.0 Å². The Kier molecular flexibility index (Phi) is 6.40. The van der Waals surface area contributed by atoms with E-state index in [4.69, 9.17) is 4.74 Å². The number of amides is 1. The maximum Gasteiger partial charge on any atom is 0.305 e.